The van der Waals surface area contributed by atoms with Gasteiger partial charge in [-0.1, -0.05) is 42.5 Å². The second-order valence-corrected chi connectivity index (χ2v) is 8.38. The zero-order valence-electron chi connectivity index (χ0n) is 19.0. The lowest BCUT2D eigenvalue weighted by atomic mass is 10.1. The number of benzene rings is 2. The fourth-order valence-corrected chi connectivity index (χ4v) is 4.20. The van der Waals surface area contributed by atoms with Crippen LogP contribution in [0.25, 0.3) is 0 Å². The lowest BCUT2D eigenvalue weighted by molar-refractivity contribution is -0.274. The standard InChI is InChI=1S/C26H25F3N4O2/c27-26(28,29)35-22-8-6-21(7-9-22)19-33-13-11-24(23(18-30)25(33)34)32-16-14-31(15-17-32)12-10-20-4-2-1-3-5-20/h1-9,11,13H,10,12,14-17,19H2. The Morgan fingerprint density at radius 2 is 1.60 bits per heavy atom. The summed E-state index contributed by atoms with van der Waals surface area (Å²) >= 11 is 0. The molecule has 0 radical (unpaired) electrons. The Hall–Kier alpha value is -3.77. The van der Waals surface area contributed by atoms with Crippen molar-refractivity contribution in [2.75, 3.05) is 37.6 Å². The molecule has 0 saturated carbocycles. The van der Waals surface area contributed by atoms with Crippen molar-refractivity contribution in [2.45, 2.75) is 19.3 Å². The smallest absolute Gasteiger partial charge is 0.406 e. The lowest BCUT2D eigenvalue weighted by Crippen LogP contribution is -2.47. The molecule has 2 heterocycles. The largest absolute Gasteiger partial charge is 0.573 e. The van der Waals surface area contributed by atoms with Crippen LogP contribution in [-0.2, 0) is 13.0 Å². The first-order chi connectivity index (χ1) is 16.8. The third kappa shape index (κ3) is 6.43. The summed E-state index contributed by atoms with van der Waals surface area (Å²) in [7, 11) is 0. The second kappa shape index (κ2) is 10.7. The van der Waals surface area contributed by atoms with Gasteiger partial charge >= 0.3 is 6.36 Å². The van der Waals surface area contributed by atoms with E-state index in [1.54, 1.807) is 12.3 Å². The summed E-state index contributed by atoms with van der Waals surface area (Å²) in [5.41, 5.74) is 2.18. The summed E-state index contributed by atoms with van der Waals surface area (Å²) in [6, 6.07) is 19.5. The Bertz CT molecular complexity index is 1230. The van der Waals surface area contributed by atoms with Crippen LogP contribution < -0.4 is 15.2 Å². The predicted molar refractivity (Wildman–Crippen MR) is 126 cm³/mol. The van der Waals surface area contributed by atoms with Crippen LogP contribution in [-0.4, -0.2) is 48.6 Å². The fourth-order valence-electron chi connectivity index (χ4n) is 4.20. The SMILES string of the molecule is N#Cc1c(N2CCN(CCc3ccccc3)CC2)ccn(Cc2ccc(OC(F)(F)F)cc2)c1=O. The molecule has 35 heavy (non-hydrogen) atoms. The van der Waals surface area contributed by atoms with Crippen LogP contribution in [0, 0.1) is 11.3 Å². The maximum Gasteiger partial charge on any atom is 0.573 e. The first-order valence-corrected chi connectivity index (χ1v) is 11.3. The van der Waals surface area contributed by atoms with Crippen molar-refractivity contribution in [1.29, 1.82) is 5.26 Å². The van der Waals surface area contributed by atoms with E-state index in [0.29, 0.717) is 24.3 Å². The van der Waals surface area contributed by atoms with E-state index in [1.165, 1.54) is 34.4 Å². The van der Waals surface area contributed by atoms with Crippen LogP contribution in [0.5, 0.6) is 5.75 Å². The molecule has 1 saturated heterocycles. The third-order valence-corrected chi connectivity index (χ3v) is 6.04. The van der Waals surface area contributed by atoms with Gasteiger partial charge in [0.25, 0.3) is 5.56 Å². The van der Waals surface area contributed by atoms with Gasteiger partial charge in [-0.05, 0) is 35.7 Å². The van der Waals surface area contributed by atoms with Crippen molar-refractivity contribution in [3.8, 4) is 11.8 Å². The normalized spacial score (nSPS) is 14.5. The van der Waals surface area contributed by atoms with E-state index < -0.39 is 11.9 Å². The van der Waals surface area contributed by atoms with E-state index in [9.17, 15) is 23.2 Å². The fraction of sp³-hybridized carbons (Fsp3) is 0.308. The first kappa shape index (κ1) is 24.4. The molecular formula is C26H25F3N4O2. The van der Waals surface area contributed by atoms with Gasteiger partial charge in [-0.2, -0.15) is 5.26 Å². The van der Waals surface area contributed by atoms with Gasteiger partial charge in [0.15, 0.2) is 0 Å². The molecule has 0 aliphatic carbocycles. The number of aromatic nitrogens is 1. The number of anilines is 1. The highest BCUT2D eigenvalue weighted by Gasteiger charge is 2.31. The molecule has 0 unspecified atom stereocenters. The Labute approximate surface area is 201 Å². The van der Waals surface area contributed by atoms with Gasteiger partial charge in [-0.15, -0.1) is 13.2 Å². The van der Waals surface area contributed by atoms with Crippen molar-refractivity contribution < 1.29 is 17.9 Å². The summed E-state index contributed by atoms with van der Waals surface area (Å²) in [4.78, 5) is 17.4. The highest BCUT2D eigenvalue weighted by Crippen LogP contribution is 2.23. The molecule has 6 nitrogen and oxygen atoms in total. The van der Waals surface area contributed by atoms with Gasteiger partial charge < -0.3 is 14.2 Å². The van der Waals surface area contributed by atoms with E-state index in [0.717, 1.165) is 26.1 Å². The number of hydrogen-bond acceptors (Lipinski definition) is 5. The van der Waals surface area contributed by atoms with Gasteiger partial charge in [-0.25, -0.2) is 0 Å². The van der Waals surface area contributed by atoms with Crippen LogP contribution >= 0.6 is 0 Å². The molecule has 1 aliphatic heterocycles. The molecule has 0 N–H and O–H groups in total. The minimum atomic E-state index is -4.76. The lowest BCUT2D eigenvalue weighted by Gasteiger charge is -2.36. The Kier molecular flexibility index (Phi) is 7.42. The summed E-state index contributed by atoms with van der Waals surface area (Å²) in [5.74, 6) is -0.329. The Morgan fingerprint density at radius 3 is 2.23 bits per heavy atom. The summed E-state index contributed by atoms with van der Waals surface area (Å²) in [6.45, 7) is 4.20. The number of nitrogens with zero attached hydrogens (tertiary/aromatic N) is 4. The summed E-state index contributed by atoms with van der Waals surface area (Å²) < 4.78 is 42.3. The zero-order chi connectivity index (χ0) is 24.8. The number of ether oxygens (including phenoxy) is 1. The van der Waals surface area contributed by atoms with Crippen LogP contribution in [0.3, 0.4) is 0 Å². The predicted octanol–water partition coefficient (Wildman–Crippen LogP) is 4.03. The Morgan fingerprint density at radius 1 is 0.914 bits per heavy atom. The number of halogens is 3. The average Bonchev–Trinajstić information content (AvgIpc) is 2.85. The van der Waals surface area contributed by atoms with Crippen LogP contribution in [0.15, 0.2) is 71.7 Å². The van der Waals surface area contributed by atoms with E-state index in [1.807, 2.05) is 24.3 Å². The van der Waals surface area contributed by atoms with E-state index >= 15 is 0 Å². The van der Waals surface area contributed by atoms with Crippen LogP contribution in [0.4, 0.5) is 18.9 Å². The molecule has 9 heteroatoms. The average molecular weight is 483 g/mol. The van der Waals surface area contributed by atoms with Gasteiger partial charge in [0.2, 0.25) is 0 Å². The summed E-state index contributed by atoms with van der Waals surface area (Å²) in [5, 5.41) is 9.70. The second-order valence-electron chi connectivity index (χ2n) is 8.38. The third-order valence-electron chi connectivity index (χ3n) is 6.04. The number of hydrogen-bond donors (Lipinski definition) is 0. The van der Waals surface area contributed by atoms with Crippen molar-refractivity contribution in [2.24, 2.45) is 0 Å². The molecule has 0 spiro atoms. The van der Waals surface area contributed by atoms with Crippen molar-refractivity contribution in [3.05, 3.63) is 93.9 Å². The van der Waals surface area contributed by atoms with Gasteiger partial charge in [-0.3, -0.25) is 9.69 Å². The van der Waals surface area contributed by atoms with Crippen LogP contribution in [0.2, 0.25) is 0 Å². The highest BCUT2D eigenvalue weighted by molar-refractivity contribution is 5.58. The maximum atomic E-state index is 13.0. The molecule has 0 atom stereocenters. The monoisotopic (exact) mass is 482 g/mol. The number of nitriles is 1. The van der Waals surface area contributed by atoms with Crippen molar-refractivity contribution in [1.82, 2.24) is 9.47 Å². The molecule has 182 valence electrons. The van der Waals surface area contributed by atoms with Gasteiger partial charge in [0.1, 0.15) is 17.4 Å². The minimum absolute atomic E-state index is 0.0715. The number of pyridine rings is 1. The van der Waals surface area contributed by atoms with E-state index in [2.05, 4.69) is 26.7 Å². The number of rotatable bonds is 7. The quantitative estimate of drug-likeness (QED) is 0.509. The topological polar surface area (TPSA) is 61.5 Å². The molecule has 0 amide bonds. The molecule has 4 rings (SSSR count). The highest BCUT2D eigenvalue weighted by atomic mass is 19.4. The van der Waals surface area contributed by atoms with Crippen LogP contribution in [0.1, 0.15) is 16.7 Å². The van der Waals surface area contributed by atoms with E-state index in [4.69, 9.17) is 0 Å². The molecule has 1 fully saturated rings. The minimum Gasteiger partial charge on any atom is -0.406 e. The van der Waals surface area contributed by atoms with Crippen molar-refractivity contribution in [3.63, 3.8) is 0 Å². The van der Waals surface area contributed by atoms with Crippen molar-refractivity contribution >= 4 is 5.69 Å². The molecule has 1 aromatic heterocycles. The molecule has 2 aromatic carbocycles. The number of piperazine rings is 1. The first-order valence-electron chi connectivity index (χ1n) is 11.3. The zero-order valence-corrected chi connectivity index (χ0v) is 19.0. The molecular weight excluding hydrogens is 457 g/mol. The maximum absolute atomic E-state index is 13.0. The van der Waals surface area contributed by atoms with E-state index in [-0.39, 0.29) is 17.9 Å². The van der Waals surface area contributed by atoms with Gasteiger partial charge in [0, 0.05) is 38.9 Å². The molecule has 1 aliphatic rings. The molecule has 3 aromatic rings. The van der Waals surface area contributed by atoms with Gasteiger partial charge in [0.05, 0.1) is 12.2 Å². The Balaban J connectivity index is 1.39. The number of alkyl halides is 3. The molecule has 0 bridgehead atoms. The summed E-state index contributed by atoms with van der Waals surface area (Å²) in [6.07, 6.45) is -2.16.